The molecule has 0 aliphatic rings. The number of carboxylic acids is 1. The fraction of sp³-hybridized carbons (Fsp3) is 0.375. The molecule has 1 aromatic carbocycles. The van der Waals surface area contributed by atoms with Crippen molar-refractivity contribution in [1.29, 1.82) is 0 Å². The summed E-state index contributed by atoms with van der Waals surface area (Å²) in [6, 6.07) is 7.45. The molecule has 0 spiro atoms. The zero-order valence-corrected chi connectivity index (χ0v) is 13.4. The number of hydrogen-bond donors (Lipinski definition) is 1. The molecule has 0 fully saturated rings. The maximum atomic E-state index is 12.5. The maximum Gasteiger partial charge on any atom is 0.323 e. The third kappa shape index (κ3) is 3.94. The number of nitrogens with zero attached hydrogens (tertiary/aromatic N) is 4. The molecule has 1 amide bonds. The Hall–Kier alpha value is -2.70. The van der Waals surface area contributed by atoms with E-state index in [-0.39, 0.29) is 18.3 Å². The van der Waals surface area contributed by atoms with Gasteiger partial charge in [0.1, 0.15) is 6.54 Å². The summed E-state index contributed by atoms with van der Waals surface area (Å²) in [6.07, 6.45) is 2.18. The molecule has 1 atom stereocenters. The highest BCUT2D eigenvalue weighted by molar-refractivity contribution is 5.94. The summed E-state index contributed by atoms with van der Waals surface area (Å²) >= 11 is 0. The van der Waals surface area contributed by atoms with Crippen LogP contribution in [-0.4, -0.2) is 49.5 Å². The van der Waals surface area contributed by atoms with Crippen LogP contribution in [0.15, 0.2) is 30.5 Å². The lowest BCUT2D eigenvalue weighted by Gasteiger charge is -2.25. The van der Waals surface area contributed by atoms with Crippen LogP contribution in [0, 0.1) is 6.92 Å². The van der Waals surface area contributed by atoms with Crippen molar-refractivity contribution in [3.05, 3.63) is 41.7 Å². The normalized spacial score (nSPS) is 12.0. The maximum absolute atomic E-state index is 12.5. The number of amides is 1. The molecule has 0 bridgehead atoms. The lowest BCUT2D eigenvalue weighted by Crippen LogP contribution is -2.42. The van der Waals surface area contributed by atoms with Crippen molar-refractivity contribution in [2.24, 2.45) is 0 Å². The molecule has 122 valence electrons. The molecule has 0 aliphatic heterocycles. The topological polar surface area (TPSA) is 88.3 Å². The first kappa shape index (κ1) is 16.7. The standard InChI is InChI=1S/C16H20N4O3/c1-4-12(3)19(10-15(21)22)16(23)14-9-20(18-17-14)13-7-5-6-11(2)8-13/h5-9,12H,4,10H2,1-3H3,(H,21,22). The van der Waals surface area contributed by atoms with E-state index in [9.17, 15) is 9.59 Å². The van der Waals surface area contributed by atoms with E-state index in [1.165, 1.54) is 15.8 Å². The summed E-state index contributed by atoms with van der Waals surface area (Å²) in [5.74, 6) is -1.48. The summed E-state index contributed by atoms with van der Waals surface area (Å²) in [4.78, 5) is 24.8. The SMILES string of the molecule is CCC(C)N(CC(=O)O)C(=O)c1cn(-c2cccc(C)c2)nn1. The van der Waals surface area contributed by atoms with Crippen LogP contribution in [0.4, 0.5) is 0 Å². The first-order chi connectivity index (χ1) is 10.9. The van der Waals surface area contributed by atoms with Crippen molar-refractivity contribution in [2.45, 2.75) is 33.2 Å². The van der Waals surface area contributed by atoms with Gasteiger partial charge in [-0.15, -0.1) is 5.10 Å². The molecule has 0 saturated heterocycles. The van der Waals surface area contributed by atoms with Crippen LogP contribution in [0.3, 0.4) is 0 Å². The van der Waals surface area contributed by atoms with E-state index in [0.717, 1.165) is 11.3 Å². The van der Waals surface area contributed by atoms with Crippen LogP contribution in [0.1, 0.15) is 36.3 Å². The van der Waals surface area contributed by atoms with Gasteiger partial charge in [0.15, 0.2) is 5.69 Å². The van der Waals surface area contributed by atoms with Crippen LogP contribution in [0.5, 0.6) is 0 Å². The number of carboxylic acid groups (broad SMARTS) is 1. The van der Waals surface area contributed by atoms with Crippen molar-refractivity contribution < 1.29 is 14.7 Å². The van der Waals surface area contributed by atoms with Gasteiger partial charge < -0.3 is 10.0 Å². The van der Waals surface area contributed by atoms with Gasteiger partial charge in [-0.3, -0.25) is 9.59 Å². The van der Waals surface area contributed by atoms with Gasteiger partial charge in [0, 0.05) is 6.04 Å². The number of aliphatic carboxylic acids is 1. The van der Waals surface area contributed by atoms with Crippen LogP contribution >= 0.6 is 0 Å². The zero-order valence-electron chi connectivity index (χ0n) is 13.4. The summed E-state index contributed by atoms with van der Waals surface area (Å²) in [7, 11) is 0. The Kier molecular flexibility index (Phi) is 5.10. The second-order valence-corrected chi connectivity index (χ2v) is 5.47. The van der Waals surface area contributed by atoms with Crippen molar-refractivity contribution >= 4 is 11.9 Å². The average Bonchev–Trinajstić information content (AvgIpc) is 3.01. The average molecular weight is 316 g/mol. The molecule has 1 unspecified atom stereocenters. The van der Waals surface area contributed by atoms with E-state index in [2.05, 4.69) is 10.3 Å². The number of hydrogen-bond acceptors (Lipinski definition) is 4. The minimum Gasteiger partial charge on any atom is -0.480 e. The summed E-state index contributed by atoms with van der Waals surface area (Å²) in [5.41, 5.74) is 2.00. The van der Waals surface area contributed by atoms with Crippen molar-refractivity contribution in [3.8, 4) is 5.69 Å². The third-order valence-corrected chi connectivity index (χ3v) is 3.67. The highest BCUT2D eigenvalue weighted by Gasteiger charge is 2.25. The molecule has 0 aliphatic carbocycles. The lowest BCUT2D eigenvalue weighted by molar-refractivity contribution is -0.138. The number of benzene rings is 1. The van der Waals surface area contributed by atoms with E-state index in [0.29, 0.717) is 6.42 Å². The Morgan fingerprint density at radius 1 is 1.39 bits per heavy atom. The number of carbonyl (C=O) groups excluding carboxylic acids is 1. The molecule has 7 nitrogen and oxygen atoms in total. The molecule has 2 aromatic rings. The highest BCUT2D eigenvalue weighted by Crippen LogP contribution is 2.12. The first-order valence-electron chi connectivity index (χ1n) is 7.44. The fourth-order valence-corrected chi connectivity index (χ4v) is 2.20. The minimum absolute atomic E-state index is 0.132. The van der Waals surface area contributed by atoms with Crippen molar-refractivity contribution in [2.75, 3.05) is 6.54 Å². The van der Waals surface area contributed by atoms with Gasteiger partial charge in [-0.25, -0.2) is 4.68 Å². The van der Waals surface area contributed by atoms with Gasteiger partial charge in [0.05, 0.1) is 11.9 Å². The molecule has 1 N–H and O–H groups in total. The van der Waals surface area contributed by atoms with Crippen LogP contribution in [0.25, 0.3) is 5.69 Å². The predicted molar refractivity (Wildman–Crippen MR) is 84.5 cm³/mol. The number of aromatic nitrogens is 3. The largest absolute Gasteiger partial charge is 0.480 e. The molecule has 0 saturated carbocycles. The summed E-state index contributed by atoms with van der Waals surface area (Å²) < 4.78 is 1.51. The van der Waals surface area contributed by atoms with E-state index in [1.54, 1.807) is 0 Å². The van der Waals surface area contributed by atoms with Crippen molar-refractivity contribution in [3.63, 3.8) is 0 Å². The molecule has 1 aromatic heterocycles. The Morgan fingerprint density at radius 2 is 2.13 bits per heavy atom. The molecular formula is C16H20N4O3. The number of carbonyl (C=O) groups is 2. The Morgan fingerprint density at radius 3 is 2.74 bits per heavy atom. The van der Waals surface area contributed by atoms with Gasteiger partial charge in [-0.05, 0) is 38.0 Å². The summed E-state index contributed by atoms with van der Waals surface area (Å²) in [6.45, 7) is 5.32. The van der Waals surface area contributed by atoms with Crippen LogP contribution in [-0.2, 0) is 4.79 Å². The van der Waals surface area contributed by atoms with Gasteiger partial charge in [-0.1, -0.05) is 24.3 Å². The smallest absolute Gasteiger partial charge is 0.323 e. The Balaban J connectivity index is 2.27. The molecule has 1 heterocycles. The third-order valence-electron chi connectivity index (χ3n) is 3.67. The lowest BCUT2D eigenvalue weighted by atomic mass is 10.2. The summed E-state index contributed by atoms with van der Waals surface area (Å²) in [5, 5.41) is 16.9. The quantitative estimate of drug-likeness (QED) is 0.879. The zero-order chi connectivity index (χ0) is 17.0. The van der Waals surface area contributed by atoms with E-state index >= 15 is 0 Å². The van der Waals surface area contributed by atoms with E-state index < -0.39 is 11.9 Å². The molecule has 23 heavy (non-hydrogen) atoms. The monoisotopic (exact) mass is 316 g/mol. The van der Waals surface area contributed by atoms with Gasteiger partial charge in [0.2, 0.25) is 0 Å². The highest BCUT2D eigenvalue weighted by atomic mass is 16.4. The fourth-order valence-electron chi connectivity index (χ4n) is 2.20. The van der Waals surface area contributed by atoms with Gasteiger partial charge in [-0.2, -0.15) is 0 Å². The second kappa shape index (κ2) is 7.04. The number of aryl methyl sites for hydroxylation is 1. The molecular weight excluding hydrogens is 296 g/mol. The first-order valence-corrected chi connectivity index (χ1v) is 7.44. The van der Waals surface area contributed by atoms with Crippen LogP contribution < -0.4 is 0 Å². The second-order valence-electron chi connectivity index (χ2n) is 5.47. The molecule has 2 rings (SSSR count). The van der Waals surface area contributed by atoms with E-state index in [1.807, 2.05) is 45.0 Å². The molecule has 7 heteroatoms. The van der Waals surface area contributed by atoms with Crippen LogP contribution in [0.2, 0.25) is 0 Å². The van der Waals surface area contributed by atoms with Crippen molar-refractivity contribution in [1.82, 2.24) is 19.9 Å². The minimum atomic E-state index is -1.05. The number of rotatable bonds is 6. The molecule has 0 radical (unpaired) electrons. The Labute approximate surface area is 134 Å². The van der Waals surface area contributed by atoms with Gasteiger partial charge >= 0.3 is 5.97 Å². The Bertz CT molecular complexity index is 711. The van der Waals surface area contributed by atoms with E-state index in [4.69, 9.17) is 5.11 Å². The van der Waals surface area contributed by atoms with Gasteiger partial charge in [0.25, 0.3) is 5.91 Å². The predicted octanol–water partition coefficient (Wildman–Crippen LogP) is 1.90.